The summed E-state index contributed by atoms with van der Waals surface area (Å²) in [6.45, 7) is 3.41. The Hall–Kier alpha value is -3.20. The molecule has 158 valence electrons. The van der Waals surface area contributed by atoms with Crippen LogP contribution in [0.2, 0.25) is 0 Å². The summed E-state index contributed by atoms with van der Waals surface area (Å²) in [4.78, 5) is 28.8. The van der Waals surface area contributed by atoms with E-state index in [0.29, 0.717) is 23.4 Å². The monoisotopic (exact) mass is 428 g/mol. The van der Waals surface area contributed by atoms with Crippen LogP contribution in [0.25, 0.3) is 0 Å². The van der Waals surface area contributed by atoms with Crippen LogP contribution in [0.5, 0.6) is 0 Å². The van der Waals surface area contributed by atoms with E-state index in [1.807, 2.05) is 6.92 Å². The highest BCUT2D eigenvalue weighted by molar-refractivity contribution is 7.90. The molecule has 3 N–H and O–H groups in total. The minimum atomic E-state index is -3.68. The number of unbranched alkanes of at least 4 members (excludes halogenated alkanes) is 1. The molecule has 8 nitrogen and oxygen atoms in total. The minimum absolute atomic E-state index is 0.154. The van der Waals surface area contributed by atoms with E-state index in [-0.39, 0.29) is 22.5 Å². The smallest absolute Gasteiger partial charge is 0.263 e. The second kappa shape index (κ2) is 9.08. The number of nitrogens with zero attached hydrogens (tertiary/aromatic N) is 1. The van der Waals surface area contributed by atoms with Crippen LogP contribution in [0.3, 0.4) is 0 Å². The van der Waals surface area contributed by atoms with Crippen molar-refractivity contribution in [2.75, 3.05) is 10.6 Å². The number of anilines is 2. The quantitative estimate of drug-likeness (QED) is 0.629. The highest BCUT2D eigenvalue weighted by atomic mass is 32.2. The predicted molar refractivity (Wildman–Crippen MR) is 116 cm³/mol. The van der Waals surface area contributed by atoms with Crippen molar-refractivity contribution in [3.8, 4) is 0 Å². The SMILES string of the molecule is CCCCC(N=C1NS(=O)(=O)c2ccccc21)C(=O)Nc1cccc(NC(C)=O)c1. The molecule has 0 spiro atoms. The molecule has 0 radical (unpaired) electrons. The lowest BCUT2D eigenvalue weighted by atomic mass is 10.1. The van der Waals surface area contributed by atoms with Gasteiger partial charge in [-0.05, 0) is 36.8 Å². The number of sulfonamides is 1. The topological polar surface area (TPSA) is 117 Å². The van der Waals surface area contributed by atoms with Crippen molar-refractivity contribution in [2.45, 2.75) is 44.0 Å². The molecule has 0 bridgehead atoms. The van der Waals surface area contributed by atoms with Gasteiger partial charge in [0.15, 0.2) is 0 Å². The van der Waals surface area contributed by atoms with E-state index < -0.39 is 16.1 Å². The largest absolute Gasteiger partial charge is 0.326 e. The van der Waals surface area contributed by atoms with Gasteiger partial charge >= 0.3 is 0 Å². The fourth-order valence-electron chi connectivity index (χ4n) is 3.14. The zero-order chi connectivity index (χ0) is 21.7. The molecule has 30 heavy (non-hydrogen) atoms. The second-order valence-corrected chi connectivity index (χ2v) is 8.64. The van der Waals surface area contributed by atoms with Gasteiger partial charge < -0.3 is 10.6 Å². The van der Waals surface area contributed by atoms with Gasteiger partial charge in [0.2, 0.25) is 11.8 Å². The Kier molecular flexibility index (Phi) is 6.51. The van der Waals surface area contributed by atoms with Gasteiger partial charge in [-0.15, -0.1) is 0 Å². The first kappa shape index (κ1) is 21.5. The summed E-state index contributed by atoms with van der Waals surface area (Å²) in [5.41, 5.74) is 1.54. The molecule has 0 aromatic heterocycles. The maximum absolute atomic E-state index is 12.9. The summed E-state index contributed by atoms with van der Waals surface area (Å²) in [5, 5.41) is 5.47. The Labute approximate surface area is 175 Å². The number of fused-ring (bicyclic) bond motifs is 1. The lowest BCUT2D eigenvalue weighted by Gasteiger charge is -2.14. The summed E-state index contributed by atoms with van der Waals surface area (Å²) in [7, 11) is -3.68. The Morgan fingerprint density at radius 1 is 1.07 bits per heavy atom. The summed E-state index contributed by atoms with van der Waals surface area (Å²) in [6.07, 6.45) is 2.10. The average Bonchev–Trinajstić information content (AvgIpc) is 2.95. The minimum Gasteiger partial charge on any atom is -0.326 e. The number of carbonyl (C=O) groups is 2. The van der Waals surface area contributed by atoms with Crippen LogP contribution in [0.1, 0.15) is 38.7 Å². The molecular weight excluding hydrogens is 404 g/mol. The van der Waals surface area contributed by atoms with E-state index in [1.165, 1.54) is 13.0 Å². The van der Waals surface area contributed by atoms with Gasteiger partial charge in [-0.2, -0.15) is 0 Å². The maximum Gasteiger partial charge on any atom is 0.263 e. The fraction of sp³-hybridized carbons (Fsp3) is 0.286. The summed E-state index contributed by atoms with van der Waals surface area (Å²) in [5.74, 6) is -0.383. The van der Waals surface area contributed by atoms with E-state index in [2.05, 4.69) is 20.3 Å². The molecule has 9 heteroatoms. The van der Waals surface area contributed by atoms with Gasteiger partial charge in [0.25, 0.3) is 10.0 Å². The van der Waals surface area contributed by atoms with Gasteiger partial charge in [0, 0.05) is 23.9 Å². The van der Waals surface area contributed by atoms with Crippen molar-refractivity contribution in [2.24, 2.45) is 4.99 Å². The van der Waals surface area contributed by atoms with E-state index >= 15 is 0 Å². The zero-order valence-electron chi connectivity index (χ0n) is 16.8. The van der Waals surface area contributed by atoms with E-state index in [0.717, 1.165) is 12.8 Å². The van der Waals surface area contributed by atoms with Crippen LogP contribution in [-0.4, -0.2) is 32.1 Å². The average molecular weight is 429 g/mol. The van der Waals surface area contributed by atoms with E-state index in [4.69, 9.17) is 0 Å². The molecule has 1 atom stereocenters. The van der Waals surface area contributed by atoms with Crippen molar-refractivity contribution in [3.05, 3.63) is 54.1 Å². The predicted octanol–water partition coefficient (Wildman–Crippen LogP) is 2.88. The molecular formula is C21H24N4O4S. The Bertz CT molecular complexity index is 1100. The molecule has 1 unspecified atom stereocenters. The number of amidine groups is 1. The number of hydrogen-bond donors (Lipinski definition) is 3. The third-order valence-electron chi connectivity index (χ3n) is 4.53. The van der Waals surface area contributed by atoms with Gasteiger partial charge in [-0.25, -0.2) is 8.42 Å². The van der Waals surface area contributed by atoms with Crippen molar-refractivity contribution in [1.29, 1.82) is 0 Å². The Morgan fingerprint density at radius 3 is 2.47 bits per heavy atom. The zero-order valence-corrected chi connectivity index (χ0v) is 17.6. The first-order valence-electron chi connectivity index (χ1n) is 9.68. The number of amides is 2. The first-order valence-corrected chi connectivity index (χ1v) is 11.2. The maximum atomic E-state index is 12.9. The second-order valence-electron chi connectivity index (χ2n) is 6.99. The number of aliphatic imine (C=N–C) groups is 1. The standard InChI is InChI=1S/C21H24N4O4S/c1-3-4-11-18(21(27)23-16-9-7-8-15(13-16)22-14(2)26)24-20-17-10-5-6-12-19(17)30(28,29)25-20/h5-10,12-13,18H,3-4,11H2,1-2H3,(H,22,26)(H,23,27)(H,24,25). The van der Waals surface area contributed by atoms with Gasteiger partial charge in [0.1, 0.15) is 11.9 Å². The molecule has 0 aliphatic carbocycles. The summed E-state index contributed by atoms with van der Waals surface area (Å²) >= 11 is 0. The van der Waals surface area contributed by atoms with Crippen molar-refractivity contribution < 1.29 is 18.0 Å². The molecule has 1 heterocycles. The van der Waals surface area contributed by atoms with Gasteiger partial charge in [0.05, 0.1) is 4.90 Å². The van der Waals surface area contributed by atoms with Crippen molar-refractivity contribution >= 4 is 39.0 Å². The van der Waals surface area contributed by atoms with Crippen LogP contribution < -0.4 is 15.4 Å². The van der Waals surface area contributed by atoms with Crippen LogP contribution in [0, 0.1) is 0 Å². The highest BCUT2D eigenvalue weighted by Gasteiger charge is 2.31. The van der Waals surface area contributed by atoms with E-state index in [9.17, 15) is 18.0 Å². The lowest BCUT2D eigenvalue weighted by Crippen LogP contribution is -2.30. The molecule has 0 saturated heterocycles. The van der Waals surface area contributed by atoms with Crippen LogP contribution in [0.15, 0.2) is 58.4 Å². The molecule has 0 saturated carbocycles. The number of hydrogen-bond acceptors (Lipinski definition) is 5. The number of rotatable bonds is 7. The molecule has 1 aliphatic heterocycles. The van der Waals surface area contributed by atoms with Crippen molar-refractivity contribution in [3.63, 3.8) is 0 Å². The third kappa shape index (κ3) is 5.04. The number of nitrogens with one attached hydrogen (secondary N) is 3. The van der Waals surface area contributed by atoms with Crippen LogP contribution in [0.4, 0.5) is 11.4 Å². The third-order valence-corrected chi connectivity index (χ3v) is 5.93. The Balaban J connectivity index is 1.86. The summed E-state index contributed by atoms with van der Waals surface area (Å²) in [6, 6.07) is 12.6. The molecule has 3 rings (SSSR count). The number of carbonyl (C=O) groups excluding carboxylic acids is 2. The molecule has 1 aliphatic rings. The molecule has 0 fully saturated rings. The van der Waals surface area contributed by atoms with Gasteiger partial charge in [-0.3, -0.25) is 19.3 Å². The van der Waals surface area contributed by atoms with Crippen molar-refractivity contribution in [1.82, 2.24) is 4.72 Å². The van der Waals surface area contributed by atoms with E-state index in [1.54, 1.807) is 42.5 Å². The molecule has 2 aromatic rings. The molecule has 2 aromatic carbocycles. The highest BCUT2D eigenvalue weighted by Crippen LogP contribution is 2.23. The number of benzene rings is 2. The first-order chi connectivity index (χ1) is 14.3. The Morgan fingerprint density at radius 2 is 1.77 bits per heavy atom. The lowest BCUT2D eigenvalue weighted by molar-refractivity contribution is -0.117. The van der Waals surface area contributed by atoms with Gasteiger partial charge in [-0.1, -0.05) is 38.0 Å². The normalized spacial score (nSPS) is 16.4. The summed E-state index contributed by atoms with van der Waals surface area (Å²) < 4.78 is 27.1. The van der Waals surface area contributed by atoms with Crippen LogP contribution in [-0.2, 0) is 19.6 Å². The fourth-order valence-corrected chi connectivity index (χ4v) is 4.38. The molecule has 2 amide bonds. The van der Waals surface area contributed by atoms with Crippen LogP contribution >= 0.6 is 0 Å².